The van der Waals surface area contributed by atoms with Crippen LogP contribution < -0.4 is 5.73 Å². The molecule has 0 radical (unpaired) electrons. The smallest absolute Gasteiger partial charge is 0.240 e. The molecule has 0 amide bonds. The number of rotatable bonds is 15. The predicted octanol–water partition coefficient (Wildman–Crippen LogP) is 12.2. The van der Waals surface area contributed by atoms with E-state index in [1.54, 1.807) is 48.8 Å². The van der Waals surface area contributed by atoms with Crippen molar-refractivity contribution in [2.24, 2.45) is 34.4 Å². The number of pyridine rings is 2. The minimum absolute atomic E-state index is 0.0625. The van der Waals surface area contributed by atoms with E-state index in [4.69, 9.17) is 75.3 Å². The van der Waals surface area contributed by atoms with Crippen molar-refractivity contribution in [2.45, 2.75) is 79.2 Å². The Bertz CT molecular complexity index is 2140. The number of piperidine rings is 2. The average Bonchev–Trinajstić information content (AvgIpc) is 3.28. The highest BCUT2D eigenvalue weighted by Gasteiger charge is 2.28. The third kappa shape index (κ3) is 20.7. The van der Waals surface area contributed by atoms with Crippen LogP contribution in [0, 0.1) is 23.7 Å². The van der Waals surface area contributed by atoms with Gasteiger partial charge in [-0.1, -0.05) is 92.3 Å². The van der Waals surface area contributed by atoms with E-state index < -0.39 is 0 Å². The number of likely N-dealkylation sites (tertiary alicyclic amines) is 2. The molecule has 2 aliphatic heterocycles. The number of carbonyl (C=O) groups excluding carboxylic acids is 4. The van der Waals surface area contributed by atoms with Crippen molar-refractivity contribution in [1.82, 2.24) is 19.8 Å². The number of carbonyl (C=O) groups is 3. The minimum Gasteiger partial charge on any atom is -0.326 e. The first kappa shape index (κ1) is 56.1. The van der Waals surface area contributed by atoms with E-state index in [-0.39, 0.29) is 40.9 Å². The number of isocyanates is 1. The molecule has 2 aromatic heterocycles. The molecule has 2 saturated heterocycles. The van der Waals surface area contributed by atoms with Crippen molar-refractivity contribution in [3.05, 3.63) is 121 Å². The van der Waals surface area contributed by atoms with Crippen molar-refractivity contribution in [1.29, 1.82) is 0 Å². The van der Waals surface area contributed by atoms with Gasteiger partial charge in [0.2, 0.25) is 6.08 Å². The van der Waals surface area contributed by atoms with Crippen LogP contribution >= 0.6 is 69.6 Å². The molecular weight excluding hydrogens is 949 g/mol. The number of halogens is 6. The summed E-state index contributed by atoms with van der Waals surface area (Å²) in [4.78, 5) is 64.3. The molecule has 2 aromatic carbocycles. The summed E-state index contributed by atoms with van der Waals surface area (Å²) in [7, 11) is 0. The fraction of sp³-hybridized carbons (Fsp3) is 0.469. The lowest BCUT2D eigenvalue weighted by Crippen LogP contribution is -2.38. The van der Waals surface area contributed by atoms with E-state index in [1.165, 1.54) is 12.1 Å². The largest absolute Gasteiger partial charge is 0.326 e. The molecule has 65 heavy (non-hydrogen) atoms. The minimum atomic E-state index is 0.0625. The van der Waals surface area contributed by atoms with Crippen LogP contribution in [0.15, 0.2) is 78.0 Å². The van der Waals surface area contributed by atoms with Crippen molar-refractivity contribution in [3.8, 4) is 0 Å². The van der Waals surface area contributed by atoms with Gasteiger partial charge in [0, 0.05) is 71.8 Å². The second-order valence-corrected chi connectivity index (χ2v) is 19.3. The molecule has 0 unspecified atom stereocenters. The maximum atomic E-state index is 12.8. The average molecular weight is 1010 g/mol. The highest BCUT2D eigenvalue weighted by Crippen LogP contribution is 2.28. The van der Waals surface area contributed by atoms with Gasteiger partial charge in [0.1, 0.15) is 17.2 Å². The van der Waals surface area contributed by atoms with Crippen molar-refractivity contribution in [2.75, 3.05) is 44.6 Å². The molecule has 4 heterocycles. The van der Waals surface area contributed by atoms with E-state index in [9.17, 15) is 19.2 Å². The van der Waals surface area contributed by atoms with E-state index in [0.29, 0.717) is 68.4 Å². The third-order valence-electron chi connectivity index (χ3n) is 10.7. The molecule has 352 valence electrons. The molecule has 0 saturated carbocycles. The zero-order chi connectivity index (χ0) is 47.9. The molecule has 2 fully saturated rings. The van der Waals surface area contributed by atoms with Crippen LogP contribution in [-0.2, 0) is 29.0 Å². The second kappa shape index (κ2) is 30.2. The molecule has 2 N–H and O–H groups in total. The molecule has 0 aliphatic carbocycles. The Morgan fingerprint density at radius 1 is 0.708 bits per heavy atom. The number of alkyl halides is 2. The Balaban J connectivity index is 0.000000280. The Morgan fingerprint density at radius 3 is 1.57 bits per heavy atom. The van der Waals surface area contributed by atoms with Crippen LogP contribution in [-0.4, -0.2) is 87.8 Å². The van der Waals surface area contributed by atoms with Gasteiger partial charge in [-0.05, 0) is 129 Å². The standard InChI is InChI=1S/C25H30Cl2N2O2.C16H25N3O.C7H3Cl2NO.CH2Cl2/c1-17(2)16-29-11-9-19(10-12-29)25(31)24-8-4-18(15-28-24)3-7-22(30)13-20-5-6-21(26)14-23(20)27;1-12(2)11-19-7-5-14(6-8-19)16(20)15-4-3-13(9-17)10-18-15;8-5-1-2-7(10-4-11)6(9)3-5;2-1-3/h4-6,8,14-15,17,19H,3,7,9-13,16H2,1-2H3;3-4,10,12,14H,5-9,11,17H2,1-2H3;1-3H;1H2. The summed E-state index contributed by atoms with van der Waals surface area (Å²) in [6.45, 7) is 15.6. The summed E-state index contributed by atoms with van der Waals surface area (Å²) in [5.41, 5.74) is 9.75. The lowest BCUT2D eigenvalue weighted by molar-refractivity contribution is -0.118. The predicted molar refractivity (Wildman–Crippen MR) is 267 cm³/mol. The maximum absolute atomic E-state index is 12.8. The van der Waals surface area contributed by atoms with Gasteiger partial charge in [-0.15, -0.1) is 23.2 Å². The van der Waals surface area contributed by atoms with Gasteiger partial charge in [0.05, 0.1) is 16.0 Å². The molecule has 0 spiro atoms. The summed E-state index contributed by atoms with van der Waals surface area (Å²) >= 11 is 32.8. The Labute approximate surface area is 414 Å². The quantitative estimate of drug-likeness (QED) is 0.0534. The van der Waals surface area contributed by atoms with Crippen molar-refractivity contribution >= 4 is 98.7 Å². The number of benzene rings is 2. The molecular formula is C49H60Cl6N6O4. The first-order valence-electron chi connectivity index (χ1n) is 21.8. The second-order valence-electron chi connectivity index (χ2n) is 16.8. The number of aromatic nitrogens is 2. The Morgan fingerprint density at radius 2 is 1.17 bits per heavy atom. The summed E-state index contributed by atoms with van der Waals surface area (Å²) in [5.74, 6) is 1.98. The third-order valence-corrected chi connectivity index (χ3v) is 11.8. The SMILES string of the molecule is CC(C)CN1CCC(C(=O)c2ccc(CCC(=O)Cc3ccc(Cl)cc3Cl)cn2)CC1.CC(C)CN1CCC(C(=O)c2ccc(CN)cn2)CC1.ClCCl.O=C=Nc1ccc(Cl)cc1Cl. The van der Waals surface area contributed by atoms with Gasteiger partial charge >= 0.3 is 0 Å². The number of hydrogen-bond acceptors (Lipinski definition) is 10. The van der Waals surface area contributed by atoms with Gasteiger partial charge in [-0.2, -0.15) is 4.99 Å². The normalized spacial score (nSPS) is 14.5. The molecule has 10 nitrogen and oxygen atoms in total. The summed E-state index contributed by atoms with van der Waals surface area (Å²) < 4.78 is 0. The molecule has 6 rings (SSSR count). The highest BCUT2D eigenvalue weighted by atomic mass is 35.5. The van der Waals surface area contributed by atoms with E-state index >= 15 is 0 Å². The van der Waals surface area contributed by atoms with E-state index in [2.05, 4.69) is 52.5 Å². The van der Waals surface area contributed by atoms with Gasteiger partial charge in [0.15, 0.2) is 11.6 Å². The van der Waals surface area contributed by atoms with Crippen LogP contribution in [0.5, 0.6) is 0 Å². The number of Topliss-reactive ketones (excluding diaryl/α,β-unsaturated/α-hetero) is 3. The zero-order valence-corrected chi connectivity index (χ0v) is 42.1. The molecule has 0 bridgehead atoms. The summed E-state index contributed by atoms with van der Waals surface area (Å²) in [6, 6.07) is 17.3. The lowest BCUT2D eigenvalue weighted by Gasteiger charge is -2.32. The van der Waals surface area contributed by atoms with Gasteiger partial charge in [0.25, 0.3) is 0 Å². The molecule has 16 heteroatoms. The van der Waals surface area contributed by atoms with Crippen LogP contribution in [0.4, 0.5) is 5.69 Å². The van der Waals surface area contributed by atoms with Crippen LogP contribution in [0.2, 0.25) is 20.1 Å². The lowest BCUT2D eigenvalue weighted by atomic mass is 9.90. The number of aliphatic imine (C=N–C) groups is 1. The summed E-state index contributed by atoms with van der Waals surface area (Å²) in [5, 5.41) is 2.13. The van der Waals surface area contributed by atoms with Crippen LogP contribution in [0.3, 0.4) is 0 Å². The van der Waals surface area contributed by atoms with E-state index in [1.807, 2.05) is 18.2 Å². The number of nitrogens with two attached hydrogens (primary N) is 1. The first-order chi connectivity index (χ1) is 31.1. The van der Waals surface area contributed by atoms with Crippen molar-refractivity contribution in [3.63, 3.8) is 0 Å². The fourth-order valence-corrected chi connectivity index (χ4v) is 8.41. The Hall–Kier alpha value is -3.25. The number of aryl methyl sites for hydroxylation is 1. The monoisotopic (exact) mass is 1010 g/mol. The molecule has 0 atom stereocenters. The summed E-state index contributed by atoms with van der Waals surface area (Å²) in [6.07, 6.45) is 9.82. The number of nitrogens with zero attached hydrogens (tertiary/aromatic N) is 5. The fourth-order valence-electron chi connectivity index (χ4n) is 7.49. The zero-order valence-electron chi connectivity index (χ0n) is 37.6. The van der Waals surface area contributed by atoms with E-state index in [0.717, 1.165) is 81.6 Å². The Kier molecular flexibility index (Phi) is 26.0. The number of hydrogen-bond donors (Lipinski definition) is 1. The first-order valence-corrected chi connectivity index (χ1v) is 24.4. The number of ketones is 3. The molecule has 4 aromatic rings. The van der Waals surface area contributed by atoms with Crippen LogP contribution in [0.1, 0.15) is 97.5 Å². The van der Waals surface area contributed by atoms with Crippen molar-refractivity contribution < 1.29 is 19.2 Å². The maximum Gasteiger partial charge on any atom is 0.240 e. The molecule has 2 aliphatic rings. The van der Waals surface area contributed by atoms with Gasteiger partial charge in [-0.3, -0.25) is 24.4 Å². The topological polar surface area (TPSA) is 139 Å². The van der Waals surface area contributed by atoms with Gasteiger partial charge in [-0.25, -0.2) is 4.79 Å². The van der Waals surface area contributed by atoms with Gasteiger partial charge < -0.3 is 15.5 Å². The highest BCUT2D eigenvalue weighted by molar-refractivity contribution is 6.40. The van der Waals surface area contributed by atoms with Crippen LogP contribution in [0.25, 0.3) is 0 Å².